The van der Waals surface area contributed by atoms with Gasteiger partial charge in [-0.15, -0.1) is 0 Å². The molecule has 1 saturated heterocycles. The lowest BCUT2D eigenvalue weighted by atomic mass is 9.96. The number of aromatic nitrogens is 3. The van der Waals surface area contributed by atoms with Crippen LogP contribution in [-0.4, -0.2) is 40.1 Å². The number of rotatable bonds is 7. The van der Waals surface area contributed by atoms with Gasteiger partial charge in [0.1, 0.15) is 0 Å². The van der Waals surface area contributed by atoms with Gasteiger partial charge in [-0.3, -0.25) is 4.79 Å². The van der Waals surface area contributed by atoms with Crippen LogP contribution >= 0.6 is 0 Å². The average Bonchev–Trinajstić information content (AvgIpc) is 3.52. The van der Waals surface area contributed by atoms with Gasteiger partial charge in [0.05, 0.1) is 17.6 Å². The zero-order chi connectivity index (χ0) is 26.1. The molecule has 3 heterocycles. The van der Waals surface area contributed by atoms with E-state index in [9.17, 15) is 4.79 Å². The lowest BCUT2D eigenvalue weighted by molar-refractivity contribution is -0.125. The highest BCUT2D eigenvalue weighted by molar-refractivity contribution is 5.83. The predicted molar refractivity (Wildman–Crippen MR) is 155 cm³/mol. The van der Waals surface area contributed by atoms with Gasteiger partial charge < -0.3 is 19.8 Å². The van der Waals surface area contributed by atoms with Gasteiger partial charge in [0.15, 0.2) is 0 Å². The van der Waals surface area contributed by atoms with Gasteiger partial charge in [-0.25, -0.2) is 4.98 Å². The smallest absolute Gasteiger partial charge is 0.223 e. The zero-order valence-corrected chi connectivity index (χ0v) is 22.2. The average molecular weight is 506 g/mol. The zero-order valence-electron chi connectivity index (χ0n) is 22.2. The highest BCUT2D eigenvalue weighted by Crippen LogP contribution is 2.29. The fraction of sp³-hybridized carbons (Fsp3) is 0.312. The number of fused-ring (bicyclic) bond motifs is 2. The molecule has 5 aromatic rings. The highest BCUT2D eigenvalue weighted by Gasteiger charge is 2.27. The van der Waals surface area contributed by atoms with E-state index in [4.69, 9.17) is 4.98 Å². The number of hydrogen-bond acceptors (Lipinski definition) is 3. The van der Waals surface area contributed by atoms with E-state index in [1.165, 1.54) is 27.6 Å². The number of nitrogens with one attached hydrogen (secondary N) is 2. The van der Waals surface area contributed by atoms with E-state index in [0.717, 1.165) is 61.4 Å². The molecule has 0 unspecified atom stereocenters. The third-order valence-electron chi connectivity index (χ3n) is 7.98. The fourth-order valence-electron chi connectivity index (χ4n) is 5.75. The van der Waals surface area contributed by atoms with Crippen molar-refractivity contribution in [2.75, 3.05) is 24.5 Å². The maximum Gasteiger partial charge on any atom is 0.223 e. The van der Waals surface area contributed by atoms with Crippen LogP contribution in [0.1, 0.15) is 35.1 Å². The van der Waals surface area contributed by atoms with E-state index in [1.807, 2.05) is 12.1 Å². The molecule has 3 aromatic carbocycles. The first kappa shape index (κ1) is 24.3. The van der Waals surface area contributed by atoms with Crippen molar-refractivity contribution in [3.05, 3.63) is 95.2 Å². The van der Waals surface area contributed by atoms with Crippen LogP contribution in [0.15, 0.2) is 72.9 Å². The molecule has 0 radical (unpaired) electrons. The van der Waals surface area contributed by atoms with Crippen molar-refractivity contribution < 1.29 is 4.79 Å². The number of piperidine rings is 1. The number of H-pyrrole nitrogens is 1. The molecule has 0 bridgehead atoms. The molecule has 0 spiro atoms. The van der Waals surface area contributed by atoms with Crippen molar-refractivity contribution in [3.8, 4) is 0 Å². The number of hydrogen-bond donors (Lipinski definition) is 2. The van der Waals surface area contributed by atoms with E-state index in [-0.39, 0.29) is 11.8 Å². The normalized spacial score (nSPS) is 14.4. The van der Waals surface area contributed by atoms with Gasteiger partial charge in [-0.05, 0) is 68.0 Å². The Balaban J connectivity index is 1.11. The van der Waals surface area contributed by atoms with E-state index < -0.39 is 0 Å². The molecule has 194 valence electrons. The molecule has 0 atom stereocenters. The molecule has 6 rings (SSSR count). The van der Waals surface area contributed by atoms with Crippen molar-refractivity contribution in [1.29, 1.82) is 0 Å². The second-order valence-corrected chi connectivity index (χ2v) is 10.6. The van der Waals surface area contributed by atoms with E-state index in [1.54, 1.807) is 0 Å². The predicted octanol–water partition coefficient (Wildman–Crippen LogP) is 5.76. The molecular formula is C32H35N5O. The van der Waals surface area contributed by atoms with Gasteiger partial charge >= 0.3 is 0 Å². The number of anilines is 1. The number of aryl methyl sites for hydroxylation is 2. The Morgan fingerprint density at radius 2 is 1.79 bits per heavy atom. The minimum Gasteiger partial charge on any atom is -0.361 e. The summed E-state index contributed by atoms with van der Waals surface area (Å²) in [6.07, 6.45) is 4.56. The first-order valence-corrected chi connectivity index (χ1v) is 13.7. The molecule has 0 saturated carbocycles. The molecule has 6 nitrogen and oxygen atoms in total. The summed E-state index contributed by atoms with van der Waals surface area (Å²) in [4.78, 5) is 23.7. The Morgan fingerprint density at radius 1 is 1.00 bits per heavy atom. The van der Waals surface area contributed by atoms with Gasteiger partial charge in [-0.1, -0.05) is 54.1 Å². The fourth-order valence-corrected chi connectivity index (χ4v) is 5.75. The van der Waals surface area contributed by atoms with E-state index >= 15 is 0 Å². The second kappa shape index (κ2) is 10.4. The lowest BCUT2D eigenvalue weighted by Gasteiger charge is -2.32. The van der Waals surface area contributed by atoms with Gasteiger partial charge in [0.25, 0.3) is 0 Å². The van der Waals surface area contributed by atoms with Crippen LogP contribution in [0, 0.1) is 19.8 Å². The minimum absolute atomic E-state index is 0.0473. The van der Waals surface area contributed by atoms with Crippen molar-refractivity contribution >= 4 is 33.8 Å². The molecule has 0 aliphatic carbocycles. The summed E-state index contributed by atoms with van der Waals surface area (Å²) in [6, 6.07) is 23.3. The minimum atomic E-state index is 0.0473. The van der Waals surface area contributed by atoms with E-state index in [2.05, 4.69) is 94.4 Å². The number of amides is 1. The number of benzene rings is 3. The maximum absolute atomic E-state index is 13.0. The number of para-hydroxylation sites is 3. The quantitative estimate of drug-likeness (QED) is 0.296. The monoisotopic (exact) mass is 505 g/mol. The van der Waals surface area contributed by atoms with Gasteiger partial charge in [-0.2, -0.15) is 0 Å². The summed E-state index contributed by atoms with van der Waals surface area (Å²) in [7, 11) is 0. The van der Waals surface area contributed by atoms with Crippen LogP contribution in [-0.2, 0) is 17.8 Å². The number of carbonyl (C=O) groups is 1. The Morgan fingerprint density at radius 3 is 2.66 bits per heavy atom. The summed E-state index contributed by atoms with van der Waals surface area (Å²) in [6.45, 7) is 7.43. The van der Waals surface area contributed by atoms with Crippen molar-refractivity contribution in [2.24, 2.45) is 5.92 Å². The van der Waals surface area contributed by atoms with Crippen LogP contribution in [0.2, 0.25) is 0 Å². The second-order valence-electron chi connectivity index (χ2n) is 10.6. The third-order valence-corrected chi connectivity index (χ3v) is 7.98. The molecule has 38 heavy (non-hydrogen) atoms. The summed E-state index contributed by atoms with van der Waals surface area (Å²) in [5.41, 5.74) is 8.45. The van der Waals surface area contributed by atoms with Crippen LogP contribution < -0.4 is 10.2 Å². The number of carbonyl (C=O) groups excluding carboxylic acids is 1. The molecule has 1 fully saturated rings. The van der Waals surface area contributed by atoms with Crippen molar-refractivity contribution in [2.45, 2.75) is 39.7 Å². The van der Waals surface area contributed by atoms with Crippen molar-refractivity contribution in [3.63, 3.8) is 0 Å². The lowest BCUT2D eigenvalue weighted by Crippen LogP contribution is -2.42. The van der Waals surface area contributed by atoms with Crippen LogP contribution in [0.25, 0.3) is 21.9 Å². The molecule has 2 aromatic heterocycles. The first-order chi connectivity index (χ1) is 18.6. The Hall–Kier alpha value is -4.06. The van der Waals surface area contributed by atoms with Gasteiger partial charge in [0, 0.05) is 42.7 Å². The van der Waals surface area contributed by atoms with Crippen LogP contribution in [0.3, 0.4) is 0 Å². The Labute approximate surface area is 223 Å². The summed E-state index contributed by atoms with van der Waals surface area (Å²) >= 11 is 0. The SMILES string of the molecule is Cc1ccc(C)c(Cn2c(N3CCC(C(=O)NCCc4c[nH]c5ccccc45)CC3)nc3ccccc32)c1. The van der Waals surface area contributed by atoms with Crippen LogP contribution in [0.5, 0.6) is 0 Å². The first-order valence-electron chi connectivity index (χ1n) is 13.7. The van der Waals surface area contributed by atoms with Crippen LogP contribution in [0.4, 0.5) is 5.95 Å². The third kappa shape index (κ3) is 4.78. The summed E-state index contributed by atoms with van der Waals surface area (Å²) in [5.74, 6) is 1.23. The molecule has 1 aliphatic rings. The van der Waals surface area contributed by atoms with Gasteiger partial charge in [0.2, 0.25) is 11.9 Å². The standard InChI is InChI=1S/C32H35N5O/c1-22-11-12-23(2)26(19-22)21-37-30-10-6-5-9-29(30)35-32(37)36-17-14-24(15-18-36)31(38)33-16-13-25-20-34-28-8-4-3-7-27(25)28/h3-12,19-20,24,34H,13-18,21H2,1-2H3,(H,33,38). The number of nitrogens with zero attached hydrogens (tertiary/aromatic N) is 3. The van der Waals surface area contributed by atoms with E-state index in [0.29, 0.717) is 6.54 Å². The Kier molecular flexibility index (Phi) is 6.62. The number of aromatic amines is 1. The molecule has 1 amide bonds. The van der Waals surface area contributed by atoms with Crippen molar-refractivity contribution in [1.82, 2.24) is 19.9 Å². The number of imidazole rings is 1. The molecular weight excluding hydrogens is 470 g/mol. The topological polar surface area (TPSA) is 66.0 Å². The molecule has 2 N–H and O–H groups in total. The largest absolute Gasteiger partial charge is 0.361 e. The summed E-state index contributed by atoms with van der Waals surface area (Å²) in [5, 5.41) is 4.43. The molecule has 1 aliphatic heterocycles. The Bertz CT molecular complexity index is 1590. The summed E-state index contributed by atoms with van der Waals surface area (Å²) < 4.78 is 2.35. The maximum atomic E-state index is 13.0. The highest BCUT2D eigenvalue weighted by atomic mass is 16.1. The molecule has 6 heteroatoms.